The zero-order valence-electron chi connectivity index (χ0n) is 24.7. The minimum Gasteiger partial charge on any atom is -0.463 e. The summed E-state index contributed by atoms with van der Waals surface area (Å²) >= 11 is 1.34. The molecule has 3 heterocycles. The van der Waals surface area contributed by atoms with E-state index in [9.17, 15) is 9.59 Å². The van der Waals surface area contributed by atoms with E-state index in [1.165, 1.54) is 16.9 Å². The number of esters is 1. The quantitative estimate of drug-likeness (QED) is 0.285. The molecule has 0 aliphatic carbocycles. The number of carbonyl (C=O) groups is 1. The van der Waals surface area contributed by atoms with Crippen molar-refractivity contribution in [1.29, 1.82) is 0 Å². The van der Waals surface area contributed by atoms with Crippen LogP contribution >= 0.6 is 11.3 Å². The molecule has 7 nitrogen and oxygen atoms in total. The van der Waals surface area contributed by atoms with Crippen LogP contribution in [0.4, 0.5) is 5.69 Å². The Bertz CT molecular complexity index is 1820. The van der Waals surface area contributed by atoms with Crippen LogP contribution in [0.1, 0.15) is 55.0 Å². The first-order valence-electron chi connectivity index (χ1n) is 14.8. The van der Waals surface area contributed by atoms with Gasteiger partial charge in [-0.25, -0.2) is 9.79 Å². The van der Waals surface area contributed by atoms with Crippen molar-refractivity contribution < 1.29 is 14.3 Å². The Balaban J connectivity index is 1.51. The summed E-state index contributed by atoms with van der Waals surface area (Å²) in [5.41, 5.74) is 5.57. The van der Waals surface area contributed by atoms with Crippen LogP contribution in [0.15, 0.2) is 94.2 Å². The Morgan fingerprint density at radius 3 is 2.37 bits per heavy atom. The van der Waals surface area contributed by atoms with Gasteiger partial charge in [-0.15, -0.1) is 0 Å². The van der Waals surface area contributed by atoms with Crippen LogP contribution in [-0.4, -0.2) is 43.4 Å². The van der Waals surface area contributed by atoms with Crippen molar-refractivity contribution in [2.24, 2.45) is 4.99 Å². The number of thiazole rings is 1. The van der Waals surface area contributed by atoms with Gasteiger partial charge in [0.25, 0.3) is 5.56 Å². The first-order chi connectivity index (χ1) is 20.9. The maximum Gasteiger partial charge on any atom is 0.338 e. The Hall–Kier alpha value is -4.27. The molecule has 0 N–H and O–H groups in total. The molecule has 220 valence electrons. The summed E-state index contributed by atoms with van der Waals surface area (Å²) in [6.07, 6.45) is 1.90. The Labute approximate surface area is 255 Å². The summed E-state index contributed by atoms with van der Waals surface area (Å²) in [5.74, 6) is -0.123. The van der Waals surface area contributed by atoms with Crippen LogP contribution in [0, 0.1) is 0 Å². The van der Waals surface area contributed by atoms with Gasteiger partial charge in [0.2, 0.25) is 0 Å². The van der Waals surface area contributed by atoms with Crippen LogP contribution in [-0.2, 0) is 14.3 Å². The Morgan fingerprint density at radius 1 is 1.02 bits per heavy atom. The standard InChI is InChI=1S/C35H35N3O4S/c1-4-42-34(40)30-31(26-8-6-5-7-9-26)36-35-38(32(30)27-14-12-25(13-15-27)23(2)3)33(39)29(43-35)22-24-10-16-28(17-11-24)37-18-20-41-21-19-37/h5-17,22-23,32H,4,18-21H2,1-3H3/b29-22+/t32-/m1/s1. The number of anilines is 1. The van der Waals surface area contributed by atoms with Crippen molar-refractivity contribution in [1.82, 2.24) is 4.57 Å². The van der Waals surface area contributed by atoms with Crippen LogP contribution in [0.2, 0.25) is 0 Å². The number of hydrogen-bond donors (Lipinski definition) is 0. The molecular formula is C35H35N3O4S. The second-order valence-electron chi connectivity index (χ2n) is 10.9. The third-order valence-electron chi connectivity index (χ3n) is 7.86. The average Bonchev–Trinajstić information content (AvgIpc) is 3.35. The largest absolute Gasteiger partial charge is 0.463 e. The zero-order valence-corrected chi connectivity index (χ0v) is 25.5. The maximum atomic E-state index is 14.1. The lowest BCUT2D eigenvalue weighted by atomic mass is 9.91. The molecule has 1 fully saturated rings. The second-order valence-corrected chi connectivity index (χ2v) is 12.0. The summed E-state index contributed by atoms with van der Waals surface area (Å²) in [6.45, 7) is 9.46. The first kappa shape index (κ1) is 28.8. The van der Waals surface area contributed by atoms with Gasteiger partial charge in [-0.2, -0.15) is 0 Å². The second kappa shape index (κ2) is 12.5. The van der Waals surface area contributed by atoms with Gasteiger partial charge in [-0.1, -0.05) is 91.9 Å². The fourth-order valence-corrected chi connectivity index (χ4v) is 6.57. The van der Waals surface area contributed by atoms with Crippen molar-refractivity contribution in [2.45, 2.75) is 32.7 Å². The van der Waals surface area contributed by atoms with E-state index in [1.54, 1.807) is 11.5 Å². The number of aromatic nitrogens is 1. The smallest absolute Gasteiger partial charge is 0.338 e. The highest BCUT2D eigenvalue weighted by Gasteiger charge is 2.35. The summed E-state index contributed by atoms with van der Waals surface area (Å²) in [6, 6.07) is 25.3. The highest BCUT2D eigenvalue weighted by molar-refractivity contribution is 7.07. The summed E-state index contributed by atoms with van der Waals surface area (Å²) in [4.78, 5) is 35.6. The van der Waals surface area contributed by atoms with Gasteiger partial charge in [-0.05, 0) is 47.7 Å². The van der Waals surface area contributed by atoms with Crippen LogP contribution in [0.5, 0.6) is 0 Å². The number of benzene rings is 3. The molecule has 3 aromatic carbocycles. The molecule has 0 amide bonds. The molecule has 6 rings (SSSR count). The lowest BCUT2D eigenvalue weighted by Gasteiger charge is -2.28. The highest BCUT2D eigenvalue weighted by Crippen LogP contribution is 2.35. The highest BCUT2D eigenvalue weighted by atomic mass is 32.1. The molecule has 4 aromatic rings. The van der Waals surface area contributed by atoms with E-state index in [1.807, 2.05) is 60.7 Å². The molecule has 2 aliphatic heterocycles. The minimum absolute atomic E-state index is 0.187. The van der Waals surface area contributed by atoms with Gasteiger partial charge >= 0.3 is 5.97 Å². The lowest BCUT2D eigenvalue weighted by Crippen LogP contribution is -2.40. The SMILES string of the molecule is CCOC(=O)C1=C(c2ccccc2)N=c2s/c(=C/c3ccc(N4CCOCC4)cc3)c(=O)n2[C@@H]1c1ccc(C(C)C)cc1. The van der Waals surface area contributed by atoms with E-state index in [-0.39, 0.29) is 12.2 Å². The normalized spacial score (nSPS) is 17.2. The van der Waals surface area contributed by atoms with E-state index < -0.39 is 12.0 Å². The molecule has 0 saturated carbocycles. The summed E-state index contributed by atoms with van der Waals surface area (Å²) in [7, 11) is 0. The minimum atomic E-state index is -0.683. The number of nitrogens with zero attached hydrogens (tertiary/aromatic N) is 3. The average molecular weight is 594 g/mol. The fraction of sp³-hybridized carbons (Fsp3) is 0.286. The number of carbonyl (C=O) groups excluding carboxylic acids is 1. The van der Waals surface area contributed by atoms with Gasteiger partial charge < -0.3 is 14.4 Å². The number of hydrogen-bond acceptors (Lipinski definition) is 7. The molecule has 1 saturated heterocycles. The molecule has 0 bridgehead atoms. The van der Waals surface area contributed by atoms with Crippen molar-refractivity contribution >= 4 is 34.8 Å². The van der Waals surface area contributed by atoms with Gasteiger partial charge in [0.15, 0.2) is 4.80 Å². The zero-order chi connectivity index (χ0) is 29.9. The number of fused-ring (bicyclic) bond motifs is 1. The van der Waals surface area contributed by atoms with Crippen molar-refractivity contribution in [3.05, 3.63) is 126 Å². The molecule has 8 heteroatoms. The van der Waals surface area contributed by atoms with Crippen molar-refractivity contribution in [3.8, 4) is 0 Å². The Kier molecular flexibility index (Phi) is 8.40. The van der Waals surface area contributed by atoms with Gasteiger partial charge in [0.1, 0.15) is 0 Å². The van der Waals surface area contributed by atoms with Gasteiger partial charge in [0, 0.05) is 24.3 Å². The number of morpholine rings is 1. The van der Waals surface area contributed by atoms with Crippen LogP contribution < -0.4 is 19.8 Å². The van der Waals surface area contributed by atoms with Crippen molar-refractivity contribution in [2.75, 3.05) is 37.8 Å². The molecular weight excluding hydrogens is 558 g/mol. The van der Waals surface area contributed by atoms with E-state index in [0.29, 0.717) is 26.5 Å². The Morgan fingerprint density at radius 2 is 1.72 bits per heavy atom. The van der Waals surface area contributed by atoms with E-state index in [2.05, 4.69) is 43.0 Å². The molecule has 0 radical (unpaired) electrons. The monoisotopic (exact) mass is 593 g/mol. The number of ether oxygens (including phenoxy) is 2. The van der Waals surface area contributed by atoms with E-state index in [0.717, 1.165) is 48.7 Å². The maximum absolute atomic E-state index is 14.1. The molecule has 2 aliphatic rings. The van der Waals surface area contributed by atoms with Gasteiger partial charge in [0.05, 0.1) is 41.7 Å². The van der Waals surface area contributed by atoms with Crippen LogP contribution in [0.25, 0.3) is 11.8 Å². The lowest BCUT2D eigenvalue weighted by molar-refractivity contribution is -0.138. The molecule has 1 atom stereocenters. The first-order valence-corrected chi connectivity index (χ1v) is 15.6. The summed E-state index contributed by atoms with van der Waals surface area (Å²) < 4.78 is 13.3. The molecule has 1 aromatic heterocycles. The van der Waals surface area contributed by atoms with E-state index in [4.69, 9.17) is 14.5 Å². The predicted octanol–water partition coefficient (Wildman–Crippen LogP) is 4.90. The third kappa shape index (κ3) is 5.85. The molecule has 0 spiro atoms. The topological polar surface area (TPSA) is 73.1 Å². The van der Waals surface area contributed by atoms with E-state index >= 15 is 0 Å². The summed E-state index contributed by atoms with van der Waals surface area (Å²) in [5, 5.41) is 0. The third-order valence-corrected chi connectivity index (χ3v) is 8.84. The number of rotatable bonds is 7. The predicted molar refractivity (Wildman–Crippen MR) is 171 cm³/mol. The van der Waals surface area contributed by atoms with Crippen LogP contribution in [0.3, 0.4) is 0 Å². The molecule has 0 unspecified atom stereocenters. The fourth-order valence-electron chi connectivity index (χ4n) is 5.57. The van der Waals surface area contributed by atoms with Crippen molar-refractivity contribution in [3.63, 3.8) is 0 Å². The molecule has 43 heavy (non-hydrogen) atoms. The van der Waals surface area contributed by atoms with Gasteiger partial charge in [-0.3, -0.25) is 9.36 Å².